The second kappa shape index (κ2) is 5.35. The van der Waals surface area contributed by atoms with Crippen LogP contribution in [0, 0.1) is 11.7 Å². The minimum Gasteiger partial charge on any atom is -0.481 e. The van der Waals surface area contributed by atoms with Crippen molar-refractivity contribution in [1.82, 2.24) is 10.2 Å². The molecule has 112 valence electrons. The predicted molar refractivity (Wildman–Crippen MR) is 73.0 cm³/mol. The van der Waals surface area contributed by atoms with Gasteiger partial charge in [0.1, 0.15) is 5.82 Å². The van der Waals surface area contributed by atoms with Crippen LogP contribution in [-0.4, -0.2) is 34.1 Å². The highest BCUT2D eigenvalue weighted by atomic mass is 19.1. The molecule has 1 aromatic carbocycles. The van der Waals surface area contributed by atoms with Crippen molar-refractivity contribution >= 4 is 12.0 Å². The lowest BCUT2D eigenvalue weighted by atomic mass is 9.89. The Morgan fingerprint density at radius 3 is 2.86 bits per heavy atom. The van der Waals surface area contributed by atoms with Gasteiger partial charge in [0.15, 0.2) is 0 Å². The highest BCUT2D eigenvalue weighted by molar-refractivity contribution is 5.79. The average Bonchev–Trinajstić information content (AvgIpc) is 3.02. The summed E-state index contributed by atoms with van der Waals surface area (Å²) in [6.07, 6.45) is 2.14. The molecule has 1 aromatic rings. The molecule has 2 aliphatic heterocycles. The number of fused-ring (bicyclic) bond motifs is 2. The van der Waals surface area contributed by atoms with Crippen molar-refractivity contribution in [2.75, 3.05) is 0 Å². The third-order valence-corrected chi connectivity index (χ3v) is 4.42. The van der Waals surface area contributed by atoms with Crippen molar-refractivity contribution < 1.29 is 19.1 Å². The van der Waals surface area contributed by atoms with E-state index in [1.807, 2.05) is 0 Å². The van der Waals surface area contributed by atoms with Crippen LogP contribution in [0.15, 0.2) is 24.3 Å². The van der Waals surface area contributed by atoms with Gasteiger partial charge in [-0.1, -0.05) is 12.1 Å². The maximum absolute atomic E-state index is 13.1. The fourth-order valence-corrected chi connectivity index (χ4v) is 3.49. The zero-order valence-corrected chi connectivity index (χ0v) is 11.5. The lowest BCUT2D eigenvalue weighted by Gasteiger charge is -2.23. The molecule has 0 aliphatic carbocycles. The van der Waals surface area contributed by atoms with Gasteiger partial charge >= 0.3 is 12.0 Å². The van der Waals surface area contributed by atoms with Crippen LogP contribution in [0.1, 0.15) is 24.8 Å². The van der Waals surface area contributed by atoms with Crippen molar-refractivity contribution in [2.24, 2.45) is 5.92 Å². The lowest BCUT2D eigenvalue weighted by molar-refractivity contribution is -0.142. The highest BCUT2D eigenvalue weighted by Crippen LogP contribution is 2.41. The number of carboxylic acid groups (broad SMARTS) is 1. The first-order valence-electron chi connectivity index (χ1n) is 7.09. The van der Waals surface area contributed by atoms with Gasteiger partial charge in [-0.2, -0.15) is 0 Å². The number of amides is 2. The molecule has 2 bridgehead atoms. The van der Waals surface area contributed by atoms with Gasteiger partial charge in [0.05, 0.1) is 5.92 Å². The summed E-state index contributed by atoms with van der Waals surface area (Å²) in [7, 11) is 0. The molecular weight excluding hydrogens is 275 g/mol. The Hall–Kier alpha value is -2.11. The molecule has 0 saturated carbocycles. The Balaban J connectivity index is 1.63. The number of carboxylic acids is 1. The number of aliphatic carboxylic acids is 1. The predicted octanol–water partition coefficient (Wildman–Crippen LogP) is 1.97. The fourth-order valence-electron chi connectivity index (χ4n) is 3.49. The first-order chi connectivity index (χ1) is 10.1. The number of nitrogens with one attached hydrogen (secondary N) is 1. The number of benzene rings is 1. The minimum atomic E-state index is -0.829. The topological polar surface area (TPSA) is 69.6 Å². The standard InChI is InChI=1S/C15H17FN2O3/c16-10-3-1-2-9(6-10)8-17-15(21)18-11-4-5-13(18)12(7-11)14(19)20/h1-3,6,11-13H,4-5,7-8H2,(H,17,21)(H,19,20). The van der Waals surface area contributed by atoms with Gasteiger partial charge in [0.25, 0.3) is 0 Å². The number of urea groups is 1. The lowest BCUT2D eigenvalue weighted by Crippen LogP contribution is -2.44. The first-order valence-corrected chi connectivity index (χ1v) is 7.09. The number of halogens is 1. The SMILES string of the molecule is O=C(O)C1CC2CCC1N2C(=O)NCc1cccc(F)c1. The van der Waals surface area contributed by atoms with E-state index in [1.165, 1.54) is 12.1 Å². The van der Waals surface area contributed by atoms with E-state index in [9.17, 15) is 19.1 Å². The van der Waals surface area contributed by atoms with E-state index >= 15 is 0 Å². The van der Waals surface area contributed by atoms with Crippen LogP contribution in [0.25, 0.3) is 0 Å². The Bertz CT molecular complexity index is 578. The summed E-state index contributed by atoms with van der Waals surface area (Å²) in [6, 6.07) is 5.61. The Morgan fingerprint density at radius 2 is 2.19 bits per heavy atom. The van der Waals surface area contributed by atoms with Crippen molar-refractivity contribution in [3.05, 3.63) is 35.6 Å². The number of hydrogen-bond donors (Lipinski definition) is 2. The van der Waals surface area contributed by atoms with E-state index in [1.54, 1.807) is 17.0 Å². The molecule has 2 saturated heterocycles. The summed E-state index contributed by atoms with van der Waals surface area (Å²) in [6.45, 7) is 0.240. The molecule has 2 fully saturated rings. The molecule has 3 unspecified atom stereocenters. The molecule has 0 radical (unpaired) electrons. The molecule has 0 aromatic heterocycles. The number of carbonyl (C=O) groups excluding carboxylic acids is 1. The zero-order chi connectivity index (χ0) is 15.0. The maximum Gasteiger partial charge on any atom is 0.318 e. The van der Waals surface area contributed by atoms with Crippen LogP contribution in [0.5, 0.6) is 0 Å². The highest BCUT2D eigenvalue weighted by Gasteiger charge is 2.51. The van der Waals surface area contributed by atoms with Gasteiger partial charge in [-0.3, -0.25) is 4.79 Å². The Labute approximate surface area is 121 Å². The molecule has 6 heteroatoms. The van der Waals surface area contributed by atoms with Gasteiger partial charge in [0.2, 0.25) is 0 Å². The molecule has 5 nitrogen and oxygen atoms in total. The van der Waals surface area contributed by atoms with E-state index < -0.39 is 11.9 Å². The van der Waals surface area contributed by atoms with Crippen LogP contribution >= 0.6 is 0 Å². The zero-order valence-electron chi connectivity index (χ0n) is 11.5. The van der Waals surface area contributed by atoms with Crippen molar-refractivity contribution in [3.63, 3.8) is 0 Å². The summed E-state index contributed by atoms with van der Waals surface area (Å²) in [5.74, 6) is -1.62. The summed E-state index contributed by atoms with van der Waals surface area (Å²) < 4.78 is 13.1. The van der Waals surface area contributed by atoms with Gasteiger partial charge in [0, 0.05) is 18.6 Å². The second-order valence-corrected chi connectivity index (χ2v) is 5.67. The summed E-state index contributed by atoms with van der Waals surface area (Å²) in [5.41, 5.74) is 0.685. The summed E-state index contributed by atoms with van der Waals surface area (Å²) in [4.78, 5) is 25.1. The smallest absolute Gasteiger partial charge is 0.318 e. The van der Waals surface area contributed by atoms with Gasteiger partial charge in [-0.25, -0.2) is 9.18 Å². The molecular formula is C15H17FN2O3. The van der Waals surface area contributed by atoms with Crippen molar-refractivity contribution in [2.45, 2.75) is 37.9 Å². The van der Waals surface area contributed by atoms with E-state index in [2.05, 4.69) is 5.32 Å². The summed E-state index contributed by atoms with van der Waals surface area (Å²) >= 11 is 0. The van der Waals surface area contributed by atoms with Crippen LogP contribution < -0.4 is 5.32 Å². The fraction of sp³-hybridized carbons (Fsp3) is 0.467. The first kappa shape index (κ1) is 13.9. The average molecular weight is 292 g/mol. The van der Waals surface area contributed by atoms with Crippen LogP contribution in [-0.2, 0) is 11.3 Å². The number of nitrogens with zero attached hydrogens (tertiary/aromatic N) is 1. The molecule has 0 spiro atoms. The molecule has 3 rings (SSSR count). The van der Waals surface area contributed by atoms with Gasteiger partial charge in [-0.05, 0) is 37.0 Å². The van der Waals surface area contributed by atoms with E-state index in [0.717, 1.165) is 12.8 Å². The van der Waals surface area contributed by atoms with Gasteiger partial charge in [-0.15, -0.1) is 0 Å². The second-order valence-electron chi connectivity index (χ2n) is 5.67. The summed E-state index contributed by atoms with van der Waals surface area (Å²) in [5, 5.41) is 11.9. The van der Waals surface area contributed by atoms with Crippen molar-refractivity contribution in [1.29, 1.82) is 0 Å². The minimum absolute atomic E-state index is 0.0172. The van der Waals surface area contributed by atoms with Crippen LogP contribution in [0.3, 0.4) is 0 Å². The van der Waals surface area contributed by atoms with E-state index in [4.69, 9.17) is 0 Å². The van der Waals surface area contributed by atoms with E-state index in [0.29, 0.717) is 12.0 Å². The van der Waals surface area contributed by atoms with Gasteiger partial charge < -0.3 is 15.3 Å². The Kier molecular flexibility index (Phi) is 3.53. The largest absolute Gasteiger partial charge is 0.481 e. The quantitative estimate of drug-likeness (QED) is 0.895. The third kappa shape index (κ3) is 2.57. The van der Waals surface area contributed by atoms with Crippen LogP contribution in [0.4, 0.5) is 9.18 Å². The third-order valence-electron chi connectivity index (χ3n) is 4.42. The molecule has 2 N–H and O–H groups in total. The molecule has 3 atom stereocenters. The Morgan fingerprint density at radius 1 is 1.38 bits per heavy atom. The monoisotopic (exact) mass is 292 g/mol. The van der Waals surface area contributed by atoms with Crippen molar-refractivity contribution in [3.8, 4) is 0 Å². The van der Waals surface area contributed by atoms with Crippen LogP contribution in [0.2, 0.25) is 0 Å². The van der Waals surface area contributed by atoms with E-state index in [-0.39, 0.29) is 30.5 Å². The normalized spacial score (nSPS) is 26.9. The molecule has 2 amide bonds. The molecule has 2 aliphatic rings. The molecule has 21 heavy (non-hydrogen) atoms. The number of rotatable bonds is 3. The molecule has 2 heterocycles. The maximum atomic E-state index is 13.1. The number of hydrogen-bond acceptors (Lipinski definition) is 2. The number of carbonyl (C=O) groups is 2.